The van der Waals surface area contributed by atoms with E-state index in [1.54, 1.807) is 19.1 Å². The number of hydrogen-bond donors (Lipinski definition) is 0. The highest BCUT2D eigenvalue weighted by atomic mass is 19.1. The van der Waals surface area contributed by atoms with Gasteiger partial charge in [0.25, 0.3) is 5.91 Å². The van der Waals surface area contributed by atoms with Crippen LogP contribution in [0.25, 0.3) is 0 Å². The van der Waals surface area contributed by atoms with Crippen molar-refractivity contribution in [3.8, 4) is 5.75 Å². The number of rotatable bonds is 4. The van der Waals surface area contributed by atoms with Crippen molar-refractivity contribution in [2.24, 2.45) is 5.92 Å². The van der Waals surface area contributed by atoms with Gasteiger partial charge in [-0.1, -0.05) is 25.8 Å². The van der Waals surface area contributed by atoms with Crippen LogP contribution >= 0.6 is 0 Å². The van der Waals surface area contributed by atoms with E-state index in [0.29, 0.717) is 11.7 Å². The smallest absolute Gasteiger partial charge is 0.263 e. The van der Waals surface area contributed by atoms with Gasteiger partial charge in [0.1, 0.15) is 11.6 Å². The minimum Gasteiger partial charge on any atom is -0.481 e. The lowest BCUT2D eigenvalue weighted by Crippen LogP contribution is -2.47. The number of amides is 1. The SMILES string of the molecule is CC(Oc1cccc(F)c1)C(=O)N(C)C1CCCCC1C. The highest BCUT2D eigenvalue weighted by molar-refractivity contribution is 5.81. The number of halogens is 1. The molecule has 1 aliphatic rings. The lowest BCUT2D eigenvalue weighted by Gasteiger charge is -2.37. The van der Waals surface area contributed by atoms with Gasteiger partial charge in [-0.15, -0.1) is 0 Å². The van der Waals surface area contributed by atoms with E-state index < -0.39 is 6.10 Å². The van der Waals surface area contributed by atoms with Gasteiger partial charge in [-0.25, -0.2) is 4.39 Å². The zero-order valence-corrected chi connectivity index (χ0v) is 13.0. The number of benzene rings is 1. The molecule has 1 aliphatic carbocycles. The third-order valence-electron chi connectivity index (χ3n) is 4.37. The van der Waals surface area contributed by atoms with Crippen molar-refractivity contribution < 1.29 is 13.9 Å². The van der Waals surface area contributed by atoms with Crippen LogP contribution in [0.1, 0.15) is 39.5 Å². The number of likely N-dealkylation sites (N-methyl/N-ethyl adjacent to an activating group) is 1. The second-order valence-electron chi connectivity index (χ2n) is 6.00. The van der Waals surface area contributed by atoms with Gasteiger partial charge in [0.15, 0.2) is 6.10 Å². The maximum atomic E-state index is 13.1. The zero-order valence-electron chi connectivity index (χ0n) is 13.0. The summed E-state index contributed by atoms with van der Waals surface area (Å²) in [5, 5.41) is 0. The fraction of sp³-hybridized carbons (Fsp3) is 0.588. The summed E-state index contributed by atoms with van der Waals surface area (Å²) in [5.41, 5.74) is 0. The molecule has 0 saturated heterocycles. The summed E-state index contributed by atoms with van der Waals surface area (Å²) in [7, 11) is 1.85. The molecule has 0 aromatic heterocycles. The van der Waals surface area contributed by atoms with Gasteiger partial charge in [-0.3, -0.25) is 4.79 Å². The molecule has 0 radical (unpaired) electrons. The Morgan fingerprint density at radius 3 is 2.76 bits per heavy atom. The summed E-state index contributed by atoms with van der Waals surface area (Å²) >= 11 is 0. The Morgan fingerprint density at radius 2 is 2.10 bits per heavy atom. The van der Waals surface area contributed by atoms with Crippen molar-refractivity contribution in [3.05, 3.63) is 30.1 Å². The molecule has 2 rings (SSSR count). The number of ether oxygens (including phenoxy) is 1. The molecular weight excluding hydrogens is 269 g/mol. The fourth-order valence-electron chi connectivity index (χ4n) is 3.12. The fourth-order valence-corrected chi connectivity index (χ4v) is 3.12. The molecule has 3 unspecified atom stereocenters. The molecule has 4 heteroatoms. The minimum absolute atomic E-state index is 0.0435. The average Bonchev–Trinajstić information content (AvgIpc) is 2.46. The largest absolute Gasteiger partial charge is 0.481 e. The molecule has 0 N–H and O–H groups in total. The minimum atomic E-state index is -0.606. The predicted octanol–water partition coefficient (Wildman–Crippen LogP) is 3.63. The van der Waals surface area contributed by atoms with E-state index in [4.69, 9.17) is 4.74 Å². The number of carbonyl (C=O) groups excluding carboxylic acids is 1. The van der Waals surface area contributed by atoms with Crippen molar-refractivity contribution in [2.45, 2.75) is 51.7 Å². The van der Waals surface area contributed by atoms with Crippen LogP contribution in [0.5, 0.6) is 5.75 Å². The summed E-state index contributed by atoms with van der Waals surface area (Å²) in [5.74, 6) is 0.509. The molecular formula is C17H24FNO2. The van der Waals surface area contributed by atoms with E-state index in [2.05, 4.69) is 6.92 Å². The second kappa shape index (κ2) is 6.92. The Labute approximate surface area is 126 Å². The first-order chi connectivity index (χ1) is 9.99. The van der Waals surface area contributed by atoms with Crippen LogP contribution in [0.4, 0.5) is 4.39 Å². The van der Waals surface area contributed by atoms with Gasteiger partial charge in [0.2, 0.25) is 0 Å². The molecule has 3 nitrogen and oxygen atoms in total. The van der Waals surface area contributed by atoms with Crippen molar-refractivity contribution in [1.29, 1.82) is 0 Å². The third-order valence-corrected chi connectivity index (χ3v) is 4.37. The summed E-state index contributed by atoms with van der Waals surface area (Å²) in [4.78, 5) is 14.3. The Hall–Kier alpha value is -1.58. The van der Waals surface area contributed by atoms with E-state index >= 15 is 0 Å². The van der Waals surface area contributed by atoms with E-state index in [1.165, 1.54) is 31.4 Å². The molecule has 3 atom stereocenters. The molecule has 1 saturated carbocycles. The average molecular weight is 293 g/mol. The standard InChI is InChI=1S/C17H24FNO2/c1-12-7-4-5-10-16(12)19(3)17(20)13(2)21-15-9-6-8-14(18)11-15/h6,8-9,11-13,16H,4-5,7,10H2,1-3H3. The van der Waals surface area contributed by atoms with Crippen molar-refractivity contribution in [3.63, 3.8) is 0 Å². The van der Waals surface area contributed by atoms with E-state index in [1.807, 2.05) is 11.9 Å². The molecule has 1 amide bonds. The molecule has 0 spiro atoms. The van der Waals surface area contributed by atoms with Crippen molar-refractivity contribution in [2.75, 3.05) is 7.05 Å². The van der Waals surface area contributed by atoms with Gasteiger partial charge in [0.05, 0.1) is 0 Å². The summed E-state index contributed by atoms with van der Waals surface area (Å²) in [6.07, 6.45) is 4.03. The first-order valence-electron chi connectivity index (χ1n) is 7.68. The first kappa shape index (κ1) is 15.8. The molecule has 1 fully saturated rings. The van der Waals surface area contributed by atoms with Crippen molar-refractivity contribution in [1.82, 2.24) is 4.90 Å². The van der Waals surface area contributed by atoms with Crippen LogP contribution < -0.4 is 4.74 Å². The normalized spacial score (nSPS) is 23.4. The third kappa shape index (κ3) is 3.96. The van der Waals surface area contributed by atoms with Crippen LogP contribution in [-0.4, -0.2) is 30.0 Å². The number of hydrogen-bond acceptors (Lipinski definition) is 2. The van der Waals surface area contributed by atoms with Crippen LogP contribution in [0.2, 0.25) is 0 Å². The number of nitrogens with zero attached hydrogens (tertiary/aromatic N) is 1. The molecule has 21 heavy (non-hydrogen) atoms. The van der Waals surface area contributed by atoms with Crippen LogP contribution in [0.3, 0.4) is 0 Å². The molecule has 116 valence electrons. The second-order valence-corrected chi connectivity index (χ2v) is 6.00. The van der Waals surface area contributed by atoms with Crippen LogP contribution in [0, 0.1) is 11.7 Å². The first-order valence-corrected chi connectivity index (χ1v) is 7.68. The molecule has 0 bridgehead atoms. The lowest BCUT2D eigenvalue weighted by atomic mass is 9.85. The molecule has 0 aliphatic heterocycles. The van der Waals surface area contributed by atoms with Gasteiger partial charge in [-0.05, 0) is 37.8 Å². The van der Waals surface area contributed by atoms with Gasteiger partial charge >= 0.3 is 0 Å². The summed E-state index contributed by atoms with van der Waals surface area (Å²) < 4.78 is 18.7. The van der Waals surface area contributed by atoms with E-state index in [9.17, 15) is 9.18 Å². The summed E-state index contributed by atoms with van der Waals surface area (Å²) in [6, 6.07) is 6.18. The number of carbonyl (C=O) groups is 1. The van der Waals surface area contributed by atoms with E-state index in [-0.39, 0.29) is 17.8 Å². The Balaban J connectivity index is 1.98. The quantitative estimate of drug-likeness (QED) is 0.848. The molecule has 1 aromatic rings. The van der Waals surface area contributed by atoms with Gasteiger partial charge in [0, 0.05) is 19.2 Å². The Bertz CT molecular complexity index is 491. The molecule has 0 heterocycles. The Kier molecular flexibility index (Phi) is 5.21. The zero-order chi connectivity index (χ0) is 15.4. The highest BCUT2D eigenvalue weighted by Crippen LogP contribution is 2.28. The molecule has 1 aromatic carbocycles. The highest BCUT2D eigenvalue weighted by Gasteiger charge is 2.30. The monoisotopic (exact) mass is 293 g/mol. The van der Waals surface area contributed by atoms with Gasteiger partial charge in [-0.2, -0.15) is 0 Å². The van der Waals surface area contributed by atoms with Gasteiger partial charge < -0.3 is 9.64 Å². The van der Waals surface area contributed by atoms with E-state index in [0.717, 1.165) is 6.42 Å². The van der Waals surface area contributed by atoms with Crippen LogP contribution in [-0.2, 0) is 4.79 Å². The maximum absolute atomic E-state index is 13.1. The topological polar surface area (TPSA) is 29.5 Å². The predicted molar refractivity (Wildman–Crippen MR) is 80.7 cm³/mol. The lowest BCUT2D eigenvalue weighted by molar-refractivity contribution is -0.140. The van der Waals surface area contributed by atoms with Crippen molar-refractivity contribution >= 4 is 5.91 Å². The van der Waals surface area contributed by atoms with Crippen LogP contribution in [0.15, 0.2) is 24.3 Å². The maximum Gasteiger partial charge on any atom is 0.263 e. The Morgan fingerprint density at radius 1 is 1.38 bits per heavy atom. The summed E-state index contributed by atoms with van der Waals surface area (Å²) in [6.45, 7) is 3.92.